The lowest BCUT2D eigenvalue weighted by atomic mass is 9.87. The number of aryl methyl sites for hydroxylation is 1. The summed E-state index contributed by atoms with van der Waals surface area (Å²) in [5.74, 6) is 0.950. The highest BCUT2D eigenvalue weighted by Crippen LogP contribution is 2.31. The monoisotopic (exact) mass is 395 g/mol. The number of amides is 1. The summed E-state index contributed by atoms with van der Waals surface area (Å²) in [6, 6.07) is 5.76. The second kappa shape index (κ2) is 7.92. The van der Waals surface area contributed by atoms with Gasteiger partial charge in [0.15, 0.2) is 0 Å². The quantitative estimate of drug-likeness (QED) is 0.749. The van der Waals surface area contributed by atoms with E-state index in [0.717, 1.165) is 57.4 Å². The van der Waals surface area contributed by atoms with E-state index in [9.17, 15) is 9.59 Å². The van der Waals surface area contributed by atoms with Crippen molar-refractivity contribution in [3.63, 3.8) is 0 Å². The maximum Gasteiger partial charge on any atom is 0.261 e. The second-order valence-electron chi connectivity index (χ2n) is 9.94. The lowest BCUT2D eigenvalue weighted by Gasteiger charge is -2.30. The summed E-state index contributed by atoms with van der Waals surface area (Å²) in [6.45, 7) is 8.26. The fourth-order valence-electron chi connectivity index (χ4n) is 4.92. The summed E-state index contributed by atoms with van der Waals surface area (Å²) in [5, 5.41) is 0.624. The molecule has 4 rings (SSSR count). The van der Waals surface area contributed by atoms with Crippen LogP contribution in [0.1, 0.15) is 81.9 Å². The Morgan fingerprint density at radius 3 is 2.69 bits per heavy atom. The molecule has 2 aliphatic heterocycles. The molecule has 1 amide bonds. The second-order valence-corrected chi connectivity index (χ2v) is 9.94. The molecule has 0 radical (unpaired) electrons. The van der Waals surface area contributed by atoms with Crippen LogP contribution < -0.4 is 5.56 Å². The Morgan fingerprint density at radius 2 is 1.90 bits per heavy atom. The van der Waals surface area contributed by atoms with Gasteiger partial charge in [-0.25, -0.2) is 4.98 Å². The van der Waals surface area contributed by atoms with Crippen LogP contribution >= 0.6 is 0 Å². The smallest absolute Gasteiger partial charge is 0.261 e. The number of hydrogen-bond acceptors (Lipinski definition) is 3. The SMILES string of the molecule is CC(C)(C)CC1CCCN1C(=O)c1ccc2c(=O)n3c(nc2c1)CCCCCC3. The molecule has 0 N–H and O–H groups in total. The number of carbonyl (C=O) groups is 1. The minimum atomic E-state index is 0.0395. The van der Waals surface area contributed by atoms with Gasteiger partial charge < -0.3 is 4.90 Å². The zero-order valence-corrected chi connectivity index (χ0v) is 18.0. The number of rotatable bonds is 2. The van der Waals surface area contributed by atoms with Gasteiger partial charge in [0.1, 0.15) is 5.82 Å². The summed E-state index contributed by atoms with van der Waals surface area (Å²) in [6.07, 6.45) is 8.44. The molecular formula is C24H33N3O2. The van der Waals surface area contributed by atoms with Gasteiger partial charge in [0.05, 0.1) is 10.9 Å². The summed E-state index contributed by atoms with van der Waals surface area (Å²) < 4.78 is 1.85. The minimum Gasteiger partial charge on any atom is -0.336 e. The first-order chi connectivity index (χ1) is 13.8. The van der Waals surface area contributed by atoms with E-state index in [1.165, 1.54) is 12.8 Å². The van der Waals surface area contributed by atoms with Crippen LogP contribution in [0.25, 0.3) is 10.9 Å². The Labute approximate surface area is 173 Å². The van der Waals surface area contributed by atoms with Crippen molar-refractivity contribution in [2.45, 2.75) is 84.7 Å². The Kier molecular flexibility index (Phi) is 5.50. The van der Waals surface area contributed by atoms with Crippen molar-refractivity contribution in [3.8, 4) is 0 Å². The van der Waals surface area contributed by atoms with Gasteiger partial charge in [-0.1, -0.05) is 33.6 Å². The van der Waals surface area contributed by atoms with Crippen molar-refractivity contribution in [3.05, 3.63) is 39.9 Å². The Balaban J connectivity index is 1.67. The first kappa shape index (κ1) is 20.1. The molecule has 0 spiro atoms. The lowest BCUT2D eigenvalue weighted by molar-refractivity contribution is 0.0704. The summed E-state index contributed by atoms with van der Waals surface area (Å²) >= 11 is 0. The molecule has 1 fully saturated rings. The number of nitrogens with zero attached hydrogens (tertiary/aromatic N) is 3. The van der Waals surface area contributed by atoms with E-state index in [1.54, 1.807) is 6.07 Å². The number of fused-ring (bicyclic) bond motifs is 2. The summed E-state index contributed by atoms with van der Waals surface area (Å²) in [4.78, 5) is 33.1. The number of benzene rings is 1. The van der Waals surface area contributed by atoms with Crippen LogP contribution in [0.2, 0.25) is 0 Å². The van der Waals surface area contributed by atoms with E-state index in [0.29, 0.717) is 22.5 Å². The minimum absolute atomic E-state index is 0.0395. The van der Waals surface area contributed by atoms with Crippen LogP contribution in [0.15, 0.2) is 23.0 Å². The Bertz CT molecular complexity index is 970. The molecule has 2 aromatic rings. The molecule has 2 aliphatic rings. The largest absolute Gasteiger partial charge is 0.336 e. The molecule has 0 aliphatic carbocycles. The summed E-state index contributed by atoms with van der Waals surface area (Å²) in [5.41, 5.74) is 1.56. The van der Waals surface area contributed by atoms with Crippen molar-refractivity contribution < 1.29 is 4.79 Å². The molecule has 3 heterocycles. The molecule has 1 aromatic carbocycles. The fourth-order valence-corrected chi connectivity index (χ4v) is 4.92. The first-order valence-corrected chi connectivity index (χ1v) is 11.2. The van der Waals surface area contributed by atoms with Crippen molar-refractivity contribution in [2.24, 2.45) is 5.41 Å². The van der Waals surface area contributed by atoms with Crippen LogP contribution in [-0.2, 0) is 13.0 Å². The van der Waals surface area contributed by atoms with Crippen LogP contribution in [0, 0.1) is 5.41 Å². The number of hydrogen-bond donors (Lipinski definition) is 0. The fraction of sp³-hybridized carbons (Fsp3) is 0.625. The number of aromatic nitrogens is 2. The molecule has 5 heteroatoms. The van der Waals surface area contributed by atoms with E-state index in [4.69, 9.17) is 4.98 Å². The average Bonchev–Trinajstić information content (AvgIpc) is 3.08. The Hall–Kier alpha value is -2.17. The van der Waals surface area contributed by atoms with E-state index in [2.05, 4.69) is 20.8 Å². The third-order valence-electron chi connectivity index (χ3n) is 6.30. The molecule has 1 unspecified atom stereocenters. The van der Waals surface area contributed by atoms with Gasteiger partial charge in [-0.15, -0.1) is 0 Å². The molecule has 1 atom stereocenters. The van der Waals surface area contributed by atoms with Gasteiger partial charge in [0, 0.05) is 31.1 Å². The van der Waals surface area contributed by atoms with Gasteiger partial charge in [0.25, 0.3) is 11.5 Å². The van der Waals surface area contributed by atoms with Gasteiger partial charge in [-0.3, -0.25) is 14.2 Å². The highest BCUT2D eigenvalue weighted by molar-refractivity contribution is 5.98. The summed E-state index contributed by atoms with van der Waals surface area (Å²) in [7, 11) is 0. The number of carbonyl (C=O) groups excluding carboxylic acids is 1. The average molecular weight is 396 g/mol. The zero-order valence-electron chi connectivity index (χ0n) is 18.0. The van der Waals surface area contributed by atoms with Gasteiger partial charge in [-0.2, -0.15) is 0 Å². The lowest BCUT2D eigenvalue weighted by Crippen LogP contribution is -2.37. The first-order valence-electron chi connectivity index (χ1n) is 11.2. The van der Waals surface area contributed by atoms with Crippen LogP contribution in [0.4, 0.5) is 0 Å². The Morgan fingerprint density at radius 1 is 1.10 bits per heavy atom. The highest BCUT2D eigenvalue weighted by atomic mass is 16.2. The maximum atomic E-state index is 13.3. The molecule has 5 nitrogen and oxygen atoms in total. The van der Waals surface area contributed by atoms with E-state index < -0.39 is 0 Å². The molecule has 0 saturated carbocycles. The topological polar surface area (TPSA) is 55.2 Å². The van der Waals surface area contributed by atoms with Gasteiger partial charge >= 0.3 is 0 Å². The number of likely N-dealkylation sites (tertiary alicyclic amines) is 1. The van der Waals surface area contributed by atoms with Crippen LogP contribution in [-0.4, -0.2) is 32.9 Å². The van der Waals surface area contributed by atoms with Crippen molar-refractivity contribution in [1.29, 1.82) is 0 Å². The van der Waals surface area contributed by atoms with Crippen molar-refractivity contribution >= 4 is 16.8 Å². The standard InChI is InChI=1S/C24H33N3O2/c1-24(2,3)16-18-9-8-14-26(18)22(28)17-11-12-19-20(15-17)25-21-10-6-4-5-7-13-27(21)23(19)29/h11-12,15,18H,4-10,13-14,16H2,1-3H3. The predicted octanol–water partition coefficient (Wildman–Crippen LogP) is 4.55. The van der Waals surface area contributed by atoms with Gasteiger partial charge in [0.2, 0.25) is 0 Å². The molecule has 1 aromatic heterocycles. The molecule has 156 valence electrons. The van der Waals surface area contributed by atoms with Crippen LogP contribution in [0.3, 0.4) is 0 Å². The molecule has 1 saturated heterocycles. The van der Waals surface area contributed by atoms with Crippen molar-refractivity contribution in [1.82, 2.24) is 14.5 Å². The third kappa shape index (κ3) is 4.24. The van der Waals surface area contributed by atoms with E-state index >= 15 is 0 Å². The molecule has 0 bridgehead atoms. The maximum absolute atomic E-state index is 13.3. The zero-order chi connectivity index (χ0) is 20.6. The van der Waals surface area contributed by atoms with E-state index in [-0.39, 0.29) is 16.9 Å². The molecule has 29 heavy (non-hydrogen) atoms. The van der Waals surface area contributed by atoms with Crippen molar-refractivity contribution in [2.75, 3.05) is 6.54 Å². The highest BCUT2D eigenvalue weighted by Gasteiger charge is 2.32. The third-order valence-corrected chi connectivity index (χ3v) is 6.30. The van der Waals surface area contributed by atoms with Gasteiger partial charge in [-0.05, 0) is 55.7 Å². The van der Waals surface area contributed by atoms with E-state index in [1.807, 2.05) is 21.6 Å². The molecular weight excluding hydrogens is 362 g/mol. The normalized spacial score (nSPS) is 20.4. The van der Waals surface area contributed by atoms with Crippen LogP contribution in [0.5, 0.6) is 0 Å². The predicted molar refractivity (Wildman–Crippen MR) is 116 cm³/mol.